The van der Waals surface area contributed by atoms with Crippen molar-refractivity contribution in [2.75, 3.05) is 59.5 Å². The van der Waals surface area contributed by atoms with Crippen molar-refractivity contribution in [3.63, 3.8) is 0 Å². The predicted molar refractivity (Wildman–Crippen MR) is 121 cm³/mol. The van der Waals surface area contributed by atoms with Gasteiger partial charge in [-0.05, 0) is 95.0 Å². The van der Waals surface area contributed by atoms with Crippen molar-refractivity contribution in [2.24, 2.45) is 11.1 Å². The van der Waals surface area contributed by atoms with Gasteiger partial charge in [0.05, 0.1) is 0 Å². The van der Waals surface area contributed by atoms with Gasteiger partial charge in [0, 0.05) is 25.7 Å². The van der Waals surface area contributed by atoms with Gasteiger partial charge in [0.15, 0.2) is 0 Å². The largest absolute Gasteiger partial charge is 0.491 e. The molecular formula is C24H40N4O2. The van der Waals surface area contributed by atoms with E-state index in [-0.39, 0.29) is 0 Å². The fourth-order valence-electron chi connectivity index (χ4n) is 5.29. The summed E-state index contributed by atoms with van der Waals surface area (Å²) in [7, 11) is 2.22. The van der Waals surface area contributed by atoms with E-state index < -0.39 is 6.10 Å². The number of aliphatic hydroxyl groups is 1. The average Bonchev–Trinajstić information content (AvgIpc) is 3.14. The second kappa shape index (κ2) is 9.96. The molecule has 0 aliphatic carbocycles. The number of piperidine rings is 2. The van der Waals surface area contributed by atoms with Crippen molar-refractivity contribution in [1.29, 1.82) is 0 Å². The first-order valence-electron chi connectivity index (χ1n) is 11.8. The highest BCUT2D eigenvalue weighted by atomic mass is 16.5. The molecule has 3 N–H and O–H groups in total. The minimum absolute atomic E-state index is 0.357. The number of likely N-dealkylation sites (tertiary alicyclic amines) is 3. The van der Waals surface area contributed by atoms with Gasteiger partial charge in [0.2, 0.25) is 0 Å². The summed E-state index contributed by atoms with van der Waals surface area (Å²) in [5.41, 5.74) is 7.79. The second-order valence-corrected chi connectivity index (χ2v) is 10.0. The molecule has 3 aliphatic heterocycles. The van der Waals surface area contributed by atoms with Crippen molar-refractivity contribution >= 4 is 0 Å². The number of nitrogens with two attached hydrogens (primary N) is 1. The van der Waals surface area contributed by atoms with E-state index in [9.17, 15) is 5.11 Å². The Kier molecular flexibility index (Phi) is 7.32. The van der Waals surface area contributed by atoms with Gasteiger partial charge in [-0.2, -0.15) is 0 Å². The molecule has 1 aromatic carbocycles. The highest BCUT2D eigenvalue weighted by Gasteiger charge is 2.40. The van der Waals surface area contributed by atoms with E-state index in [4.69, 9.17) is 10.5 Å². The second-order valence-electron chi connectivity index (χ2n) is 10.0. The average molecular weight is 417 g/mol. The van der Waals surface area contributed by atoms with Crippen LogP contribution in [0, 0.1) is 5.41 Å². The van der Waals surface area contributed by atoms with Crippen LogP contribution in [0.25, 0.3) is 0 Å². The quantitative estimate of drug-likeness (QED) is 0.706. The maximum Gasteiger partial charge on any atom is 0.119 e. The first kappa shape index (κ1) is 22.0. The lowest BCUT2D eigenvalue weighted by Gasteiger charge is -2.38. The molecule has 3 aliphatic rings. The molecule has 3 heterocycles. The van der Waals surface area contributed by atoms with Crippen LogP contribution in [0.3, 0.4) is 0 Å². The molecule has 3 saturated heterocycles. The molecule has 0 radical (unpaired) electrons. The summed E-state index contributed by atoms with van der Waals surface area (Å²) < 4.78 is 5.87. The molecule has 168 valence electrons. The monoisotopic (exact) mass is 416 g/mol. The molecule has 1 aromatic rings. The Balaban J connectivity index is 1.17. The van der Waals surface area contributed by atoms with E-state index in [0.29, 0.717) is 24.6 Å². The number of β-amino-alcohol motifs (C(OH)–C–C–N with tert-alkyl or cyclic N) is 1. The Morgan fingerprint density at radius 3 is 2.40 bits per heavy atom. The lowest BCUT2D eigenvalue weighted by molar-refractivity contribution is 0.0655. The van der Waals surface area contributed by atoms with Crippen LogP contribution in [0.15, 0.2) is 24.3 Å². The summed E-state index contributed by atoms with van der Waals surface area (Å²) in [5.74, 6) is 0.840. The number of ether oxygens (including phenoxy) is 1. The third kappa shape index (κ3) is 5.95. The lowest BCUT2D eigenvalue weighted by Crippen LogP contribution is -2.41. The standard InChI is InChI=1S/C24H40N4O2/c1-26-13-8-24(9-14-26)10-15-28(19-24)17-22(29)18-30-23-4-2-20(3-5-23)16-27-11-6-21(25)7-12-27/h2-5,21-22,29H,6-19,25H2,1H3. The van der Waals surface area contributed by atoms with E-state index in [0.717, 1.165) is 51.3 Å². The van der Waals surface area contributed by atoms with Crippen LogP contribution in [-0.2, 0) is 6.54 Å². The molecule has 4 rings (SSSR count). The van der Waals surface area contributed by atoms with Gasteiger partial charge in [-0.25, -0.2) is 0 Å². The van der Waals surface area contributed by atoms with Crippen molar-refractivity contribution in [1.82, 2.24) is 14.7 Å². The van der Waals surface area contributed by atoms with E-state index in [1.54, 1.807) is 0 Å². The van der Waals surface area contributed by atoms with Gasteiger partial charge in [-0.15, -0.1) is 0 Å². The Morgan fingerprint density at radius 1 is 1.03 bits per heavy atom. The van der Waals surface area contributed by atoms with E-state index >= 15 is 0 Å². The molecule has 3 fully saturated rings. The van der Waals surface area contributed by atoms with Crippen LogP contribution in [-0.4, -0.2) is 91.4 Å². The normalized spacial score (nSPS) is 25.0. The number of aliphatic hydroxyl groups excluding tert-OH is 1. The van der Waals surface area contributed by atoms with Gasteiger partial charge < -0.3 is 25.4 Å². The molecule has 30 heavy (non-hydrogen) atoms. The summed E-state index contributed by atoms with van der Waals surface area (Å²) in [6.45, 7) is 8.87. The van der Waals surface area contributed by atoms with Crippen LogP contribution in [0.5, 0.6) is 5.75 Å². The summed E-state index contributed by atoms with van der Waals surface area (Å²) in [6.07, 6.45) is 5.61. The number of hydrogen-bond donors (Lipinski definition) is 2. The zero-order valence-corrected chi connectivity index (χ0v) is 18.6. The molecule has 6 nitrogen and oxygen atoms in total. The fraction of sp³-hybridized carbons (Fsp3) is 0.750. The van der Waals surface area contributed by atoms with Gasteiger partial charge in [-0.1, -0.05) is 12.1 Å². The van der Waals surface area contributed by atoms with Crippen LogP contribution < -0.4 is 10.5 Å². The third-order valence-electron chi connectivity index (χ3n) is 7.44. The predicted octanol–water partition coefficient (Wildman–Crippen LogP) is 1.77. The Labute approximate surface area is 182 Å². The van der Waals surface area contributed by atoms with E-state index in [1.165, 1.54) is 37.9 Å². The van der Waals surface area contributed by atoms with Gasteiger partial charge in [0.25, 0.3) is 0 Å². The highest BCUT2D eigenvalue weighted by Crippen LogP contribution is 2.40. The van der Waals surface area contributed by atoms with Gasteiger partial charge >= 0.3 is 0 Å². The van der Waals surface area contributed by atoms with Gasteiger partial charge in [-0.3, -0.25) is 4.90 Å². The SMILES string of the molecule is CN1CCC2(CC1)CCN(CC(O)COc1ccc(CN3CCC(N)CC3)cc1)C2. The molecular weight excluding hydrogens is 376 g/mol. The third-order valence-corrected chi connectivity index (χ3v) is 7.44. The molecule has 1 atom stereocenters. The smallest absolute Gasteiger partial charge is 0.119 e. The van der Waals surface area contributed by atoms with Gasteiger partial charge in [0.1, 0.15) is 18.5 Å². The maximum absolute atomic E-state index is 10.5. The summed E-state index contributed by atoms with van der Waals surface area (Å²) in [4.78, 5) is 7.34. The molecule has 0 bridgehead atoms. The number of benzene rings is 1. The molecule has 0 amide bonds. The fourth-order valence-corrected chi connectivity index (χ4v) is 5.29. The summed E-state index contributed by atoms with van der Waals surface area (Å²) in [6, 6.07) is 8.71. The minimum atomic E-state index is -0.441. The molecule has 0 saturated carbocycles. The van der Waals surface area contributed by atoms with E-state index in [1.807, 2.05) is 12.1 Å². The zero-order valence-electron chi connectivity index (χ0n) is 18.6. The number of hydrogen-bond acceptors (Lipinski definition) is 6. The van der Waals surface area contributed by atoms with Crippen LogP contribution in [0.1, 0.15) is 37.7 Å². The first-order valence-corrected chi connectivity index (χ1v) is 11.8. The minimum Gasteiger partial charge on any atom is -0.491 e. The molecule has 6 heteroatoms. The first-order chi connectivity index (χ1) is 14.5. The van der Waals surface area contributed by atoms with Crippen molar-refractivity contribution in [3.8, 4) is 5.75 Å². The highest BCUT2D eigenvalue weighted by molar-refractivity contribution is 5.27. The van der Waals surface area contributed by atoms with Crippen LogP contribution in [0.4, 0.5) is 0 Å². The Morgan fingerprint density at radius 2 is 1.70 bits per heavy atom. The summed E-state index contributed by atoms with van der Waals surface area (Å²) in [5, 5.41) is 10.5. The molecule has 1 spiro atoms. The Bertz CT molecular complexity index is 652. The van der Waals surface area contributed by atoms with Crippen molar-refractivity contribution in [2.45, 2.75) is 50.8 Å². The van der Waals surface area contributed by atoms with Crippen LogP contribution in [0.2, 0.25) is 0 Å². The van der Waals surface area contributed by atoms with Crippen molar-refractivity contribution in [3.05, 3.63) is 29.8 Å². The maximum atomic E-state index is 10.5. The Hall–Kier alpha value is -1.18. The number of rotatable bonds is 7. The number of nitrogens with zero attached hydrogens (tertiary/aromatic N) is 3. The van der Waals surface area contributed by atoms with Crippen LogP contribution >= 0.6 is 0 Å². The zero-order chi connectivity index (χ0) is 21.0. The summed E-state index contributed by atoms with van der Waals surface area (Å²) >= 11 is 0. The molecule has 1 unspecified atom stereocenters. The van der Waals surface area contributed by atoms with E-state index in [2.05, 4.69) is 33.9 Å². The van der Waals surface area contributed by atoms with Crippen molar-refractivity contribution < 1.29 is 9.84 Å². The topological polar surface area (TPSA) is 65.2 Å². The molecule has 0 aromatic heterocycles. The lowest BCUT2D eigenvalue weighted by atomic mass is 9.78.